The highest BCUT2D eigenvalue weighted by molar-refractivity contribution is 7.91. The molecular weight excluding hydrogens is 226 g/mol. The molecule has 0 amide bonds. The fraction of sp³-hybridized carbons (Fsp3) is 1.00. The van der Waals surface area contributed by atoms with Crippen molar-refractivity contribution >= 4 is 9.84 Å². The molecule has 0 aromatic heterocycles. The Labute approximate surface area is 98.6 Å². The van der Waals surface area contributed by atoms with Crippen molar-refractivity contribution in [1.82, 2.24) is 4.90 Å². The summed E-state index contributed by atoms with van der Waals surface area (Å²) in [6.07, 6.45) is 1.74. The van der Waals surface area contributed by atoms with Crippen molar-refractivity contribution in [3.63, 3.8) is 0 Å². The van der Waals surface area contributed by atoms with E-state index in [1.807, 2.05) is 6.92 Å². The molecule has 1 rings (SSSR count). The maximum absolute atomic E-state index is 11.6. The smallest absolute Gasteiger partial charge is 0.151 e. The Morgan fingerprint density at radius 1 is 1.38 bits per heavy atom. The van der Waals surface area contributed by atoms with Crippen molar-refractivity contribution in [3.05, 3.63) is 0 Å². The summed E-state index contributed by atoms with van der Waals surface area (Å²) in [6.45, 7) is 5.61. The molecule has 0 bridgehead atoms. The molecule has 2 atom stereocenters. The summed E-state index contributed by atoms with van der Waals surface area (Å²) < 4.78 is 23.1. The van der Waals surface area contributed by atoms with Crippen molar-refractivity contribution in [2.45, 2.75) is 32.7 Å². The Morgan fingerprint density at radius 2 is 2.06 bits per heavy atom. The van der Waals surface area contributed by atoms with E-state index in [1.165, 1.54) is 0 Å². The van der Waals surface area contributed by atoms with Crippen LogP contribution >= 0.6 is 0 Å². The van der Waals surface area contributed by atoms with Gasteiger partial charge in [-0.25, -0.2) is 8.42 Å². The topological polar surface area (TPSA) is 57.6 Å². The van der Waals surface area contributed by atoms with Gasteiger partial charge in [-0.05, 0) is 25.3 Å². The average molecular weight is 249 g/mol. The van der Waals surface area contributed by atoms with E-state index in [0.29, 0.717) is 18.9 Å². The summed E-state index contributed by atoms with van der Waals surface area (Å²) in [5.74, 6) is 0.975. The minimum absolute atomic E-state index is 0.134. The summed E-state index contributed by atoms with van der Waals surface area (Å²) in [5.41, 5.74) is 0. The van der Waals surface area contributed by atoms with E-state index in [2.05, 4.69) is 11.8 Å². The SMILES string of the molecule is CCCS(=O)(=O)CCN1CCC(C)C1CO. The van der Waals surface area contributed by atoms with Gasteiger partial charge in [-0.3, -0.25) is 4.90 Å². The van der Waals surface area contributed by atoms with Gasteiger partial charge >= 0.3 is 0 Å². The highest BCUT2D eigenvalue weighted by atomic mass is 32.2. The average Bonchev–Trinajstić information content (AvgIpc) is 2.56. The molecule has 1 heterocycles. The fourth-order valence-corrected chi connectivity index (χ4v) is 3.67. The zero-order chi connectivity index (χ0) is 12.2. The summed E-state index contributed by atoms with van der Waals surface area (Å²) in [7, 11) is -2.89. The van der Waals surface area contributed by atoms with Crippen molar-refractivity contribution in [2.24, 2.45) is 5.92 Å². The molecule has 4 nitrogen and oxygen atoms in total. The first kappa shape index (κ1) is 13.9. The Balaban J connectivity index is 2.44. The second kappa shape index (κ2) is 5.98. The third-order valence-electron chi connectivity index (χ3n) is 3.39. The van der Waals surface area contributed by atoms with E-state index in [1.54, 1.807) is 0 Å². The molecule has 96 valence electrons. The van der Waals surface area contributed by atoms with Crippen LogP contribution in [0.1, 0.15) is 26.7 Å². The lowest BCUT2D eigenvalue weighted by atomic mass is 10.0. The molecule has 2 unspecified atom stereocenters. The van der Waals surface area contributed by atoms with Gasteiger partial charge in [0.25, 0.3) is 0 Å². The second-order valence-corrected chi connectivity index (χ2v) is 7.01. The van der Waals surface area contributed by atoms with E-state index in [-0.39, 0.29) is 24.2 Å². The number of aliphatic hydroxyl groups is 1. The third-order valence-corrected chi connectivity index (χ3v) is 5.22. The summed E-state index contributed by atoms with van der Waals surface area (Å²) in [4.78, 5) is 2.11. The number of rotatable bonds is 6. The van der Waals surface area contributed by atoms with Crippen LogP contribution in [0.25, 0.3) is 0 Å². The Kier molecular flexibility index (Phi) is 5.21. The normalized spacial score (nSPS) is 27.4. The van der Waals surface area contributed by atoms with Crippen LogP contribution in [0.15, 0.2) is 0 Å². The van der Waals surface area contributed by atoms with Gasteiger partial charge in [0.1, 0.15) is 0 Å². The van der Waals surface area contributed by atoms with Crippen LogP contribution in [-0.4, -0.2) is 55.7 Å². The van der Waals surface area contributed by atoms with Crippen LogP contribution in [0.2, 0.25) is 0 Å². The number of sulfone groups is 1. The minimum atomic E-state index is -2.89. The predicted octanol–water partition coefficient (Wildman–Crippen LogP) is 0.514. The maximum Gasteiger partial charge on any atom is 0.151 e. The number of aliphatic hydroxyl groups excluding tert-OH is 1. The summed E-state index contributed by atoms with van der Waals surface area (Å²) in [6, 6.07) is 0.150. The van der Waals surface area contributed by atoms with Crippen LogP contribution < -0.4 is 0 Å². The van der Waals surface area contributed by atoms with Gasteiger partial charge in [0.05, 0.1) is 12.4 Å². The van der Waals surface area contributed by atoms with E-state index < -0.39 is 9.84 Å². The lowest BCUT2D eigenvalue weighted by Crippen LogP contribution is -2.38. The standard InChI is InChI=1S/C11H23NO3S/c1-3-7-16(14,15)8-6-12-5-4-10(2)11(12)9-13/h10-11,13H,3-9H2,1-2H3. The Morgan fingerprint density at radius 3 is 2.62 bits per heavy atom. The van der Waals surface area contributed by atoms with Crippen LogP contribution in [0.3, 0.4) is 0 Å². The van der Waals surface area contributed by atoms with Crippen LogP contribution in [0, 0.1) is 5.92 Å². The first-order valence-electron chi connectivity index (χ1n) is 6.05. The van der Waals surface area contributed by atoms with Gasteiger partial charge in [-0.15, -0.1) is 0 Å². The van der Waals surface area contributed by atoms with E-state index in [0.717, 1.165) is 13.0 Å². The molecule has 5 heteroatoms. The van der Waals surface area contributed by atoms with Gasteiger partial charge in [-0.1, -0.05) is 13.8 Å². The largest absolute Gasteiger partial charge is 0.395 e. The lowest BCUT2D eigenvalue weighted by molar-refractivity contribution is 0.144. The van der Waals surface area contributed by atoms with Crippen molar-refractivity contribution in [1.29, 1.82) is 0 Å². The molecule has 1 N–H and O–H groups in total. The first-order chi connectivity index (χ1) is 7.50. The lowest BCUT2D eigenvalue weighted by Gasteiger charge is -2.24. The molecule has 16 heavy (non-hydrogen) atoms. The molecule has 1 aliphatic heterocycles. The third kappa shape index (κ3) is 3.71. The Bertz CT molecular complexity index is 302. The van der Waals surface area contributed by atoms with Crippen molar-refractivity contribution in [3.8, 4) is 0 Å². The van der Waals surface area contributed by atoms with Gasteiger partial charge in [0, 0.05) is 18.3 Å². The second-order valence-electron chi connectivity index (χ2n) is 4.70. The van der Waals surface area contributed by atoms with Gasteiger partial charge in [0.2, 0.25) is 0 Å². The molecule has 0 saturated carbocycles. The summed E-state index contributed by atoms with van der Waals surface area (Å²) in [5, 5.41) is 9.25. The number of likely N-dealkylation sites (tertiary alicyclic amines) is 1. The molecular formula is C11H23NO3S. The molecule has 0 radical (unpaired) electrons. The Hall–Kier alpha value is -0.130. The van der Waals surface area contributed by atoms with Crippen LogP contribution in [0.5, 0.6) is 0 Å². The number of hydrogen-bond acceptors (Lipinski definition) is 4. The van der Waals surface area contributed by atoms with Crippen LogP contribution in [0.4, 0.5) is 0 Å². The summed E-state index contributed by atoms with van der Waals surface area (Å²) >= 11 is 0. The molecule has 1 aliphatic rings. The highest BCUT2D eigenvalue weighted by Crippen LogP contribution is 2.23. The van der Waals surface area contributed by atoms with E-state index >= 15 is 0 Å². The van der Waals surface area contributed by atoms with Gasteiger partial charge in [0.15, 0.2) is 9.84 Å². The van der Waals surface area contributed by atoms with E-state index in [4.69, 9.17) is 0 Å². The molecule has 0 aromatic rings. The van der Waals surface area contributed by atoms with Crippen molar-refractivity contribution in [2.75, 3.05) is 31.2 Å². The molecule has 1 fully saturated rings. The van der Waals surface area contributed by atoms with Crippen molar-refractivity contribution < 1.29 is 13.5 Å². The maximum atomic E-state index is 11.6. The number of hydrogen-bond donors (Lipinski definition) is 1. The van der Waals surface area contributed by atoms with Gasteiger partial charge in [-0.2, -0.15) is 0 Å². The zero-order valence-electron chi connectivity index (χ0n) is 10.2. The minimum Gasteiger partial charge on any atom is -0.395 e. The molecule has 0 aliphatic carbocycles. The predicted molar refractivity (Wildman–Crippen MR) is 65.2 cm³/mol. The molecule has 0 spiro atoms. The monoisotopic (exact) mass is 249 g/mol. The molecule has 1 saturated heterocycles. The highest BCUT2D eigenvalue weighted by Gasteiger charge is 2.30. The van der Waals surface area contributed by atoms with Crippen LogP contribution in [-0.2, 0) is 9.84 Å². The van der Waals surface area contributed by atoms with Gasteiger partial charge < -0.3 is 5.11 Å². The zero-order valence-corrected chi connectivity index (χ0v) is 11.0. The molecule has 0 aromatic carbocycles. The number of nitrogens with zero attached hydrogens (tertiary/aromatic N) is 1. The quantitative estimate of drug-likeness (QED) is 0.745. The fourth-order valence-electron chi connectivity index (χ4n) is 2.33. The van der Waals surface area contributed by atoms with E-state index in [9.17, 15) is 13.5 Å². The first-order valence-corrected chi connectivity index (χ1v) is 7.87.